The molecule has 2 aromatic rings. The number of amides is 1. The minimum atomic E-state index is -0.0659. The Morgan fingerprint density at radius 2 is 1.82 bits per heavy atom. The molecule has 22 heavy (non-hydrogen) atoms. The predicted molar refractivity (Wildman–Crippen MR) is 88.8 cm³/mol. The Labute approximate surface area is 139 Å². The molecule has 1 aromatic heterocycles. The summed E-state index contributed by atoms with van der Waals surface area (Å²) in [4.78, 5) is 20.5. The van der Waals surface area contributed by atoms with Crippen LogP contribution in [0.5, 0.6) is 0 Å². The van der Waals surface area contributed by atoms with Gasteiger partial charge < -0.3 is 9.80 Å². The zero-order valence-electron chi connectivity index (χ0n) is 11.9. The molecule has 6 heteroatoms. The van der Waals surface area contributed by atoms with E-state index < -0.39 is 0 Å². The smallest absolute Gasteiger partial charge is 0.257 e. The van der Waals surface area contributed by atoms with Crippen LogP contribution in [-0.2, 0) is 0 Å². The summed E-state index contributed by atoms with van der Waals surface area (Å²) in [6.07, 6.45) is 1.58. The third-order valence-electron chi connectivity index (χ3n) is 3.73. The van der Waals surface area contributed by atoms with E-state index >= 15 is 0 Å². The van der Waals surface area contributed by atoms with Crippen LogP contribution in [0.15, 0.2) is 42.6 Å². The van der Waals surface area contributed by atoms with Crippen molar-refractivity contribution in [1.82, 2.24) is 9.88 Å². The number of nitrogens with zero attached hydrogens (tertiary/aromatic N) is 3. The van der Waals surface area contributed by atoms with Crippen LogP contribution in [0.25, 0.3) is 0 Å². The number of rotatable bonds is 2. The maximum Gasteiger partial charge on any atom is 0.257 e. The van der Waals surface area contributed by atoms with Gasteiger partial charge in [0, 0.05) is 43.1 Å². The average Bonchev–Trinajstić information content (AvgIpc) is 2.55. The van der Waals surface area contributed by atoms with Crippen molar-refractivity contribution >= 4 is 34.8 Å². The van der Waals surface area contributed by atoms with Crippen LogP contribution in [-0.4, -0.2) is 42.0 Å². The monoisotopic (exact) mass is 335 g/mol. The highest BCUT2D eigenvalue weighted by Gasteiger charge is 2.24. The van der Waals surface area contributed by atoms with Gasteiger partial charge in [0.05, 0.1) is 5.56 Å². The van der Waals surface area contributed by atoms with Crippen molar-refractivity contribution in [2.45, 2.75) is 0 Å². The number of pyridine rings is 1. The van der Waals surface area contributed by atoms with Gasteiger partial charge in [0.15, 0.2) is 0 Å². The highest BCUT2D eigenvalue weighted by Crippen LogP contribution is 2.22. The summed E-state index contributed by atoms with van der Waals surface area (Å²) in [6.45, 7) is 2.83. The fourth-order valence-corrected chi connectivity index (χ4v) is 2.94. The highest BCUT2D eigenvalue weighted by atomic mass is 35.5. The van der Waals surface area contributed by atoms with Gasteiger partial charge in [-0.1, -0.05) is 29.3 Å². The number of halogens is 2. The molecule has 0 aliphatic carbocycles. The van der Waals surface area contributed by atoms with Crippen LogP contribution < -0.4 is 4.90 Å². The van der Waals surface area contributed by atoms with Gasteiger partial charge in [-0.05, 0) is 30.3 Å². The van der Waals surface area contributed by atoms with Crippen molar-refractivity contribution in [2.75, 3.05) is 31.1 Å². The van der Waals surface area contributed by atoms with E-state index in [1.165, 1.54) is 0 Å². The highest BCUT2D eigenvalue weighted by molar-refractivity contribution is 6.32. The second kappa shape index (κ2) is 6.55. The summed E-state index contributed by atoms with van der Waals surface area (Å²) in [7, 11) is 0. The van der Waals surface area contributed by atoms with E-state index in [2.05, 4.69) is 9.88 Å². The number of hydrogen-bond acceptors (Lipinski definition) is 3. The molecule has 3 rings (SSSR count). The minimum Gasteiger partial charge on any atom is -0.368 e. The Kier molecular flexibility index (Phi) is 4.50. The Hall–Kier alpha value is -1.78. The van der Waals surface area contributed by atoms with Crippen molar-refractivity contribution in [3.63, 3.8) is 0 Å². The Morgan fingerprint density at radius 1 is 1.05 bits per heavy atom. The van der Waals surface area contributed by atoms with Crippen LogP contribution in [0, 0.1) is 0 Å². The largest absolute Gasteiger partial charge is 0.368 e. The molecular weight excluding hydrogens is 321 g/mol. The molecule has 1 fully saturated rings. The lowest BCUT2D eigenvalue weighted by atomic mass is 10.2. The molecule has 0 spiro atoms. The molecule has 0 bridgehead atoms. The van der Waals surface area contributed by atoms with Crippen LogP contribution in [0.1, 0.15) is 10.4 Å². The summed E-state index contributed by atoms with van der Waals surface area (Å²) in [5.41, 5.74) is 1.54. The first-order valence-corrected chi connectivity index (χ1v) is 7.81. The molecule has 1 aliphatic heterocycles. The summed E-state index contributed by atoms with van der Waals surface area (Å²) in [5.74, 6) is -0.0659. The van der Waals surface area contributed by atoms with E-state index in [0.29, 0.717) is 18.7 Å². The summed E-state index contributed by atoms with van der Waals surface area (Å²) < 4.78 is 0. The Morgan fingerprint density at radius 3 is 2.50 bits per heavy atom. The molecule has 4 nitrogen and oxygen atoms in total. The molecule has 0 atom stereocenters. The van der Waals surface area contributed by atoms with Crippen LogP contribution in [0.3, 0.4) is 0 Å². The van der Waals surface area contributed by atoms with Gasteiger partial charge in [-0.2, -0.15) is 0 Å². The minimum absolute atomic E-state index is 0.0659. The first-order valence-electron chi connectivity index (χ1n) is 7.05. The van der Waals surface area contributed by atoms with Crippen molar-refractivity contribution < 1.29 is 4.79 Å². The summed E-state index contributed by atoms with van der Waals surface area (Å²) in [5, 5.41) is 0.975. The van der Waals surface area contributed by atoms with Crippen LogP contribution >= 0.6 is 23.2 Å². The molecule has 114 valence electrons. The standard InChI is InChI=1S/C16H15Cl2N3O/c17-12-3-1-4-13(11-12)20-7-9-21(10-8-20)16(22)14-5-2-6-19-15(14)18/h1-6,11H,7-10H2. The molecular formula is C16H15Cl2N3O. The normalized spacial score (nSPS) is 15.0. The maximum absolute atomic E-state index is 12.5. The van der Waals surface area contributed by atoms with Crippen LogP contribution in [0.4, 0.5) is 5.69 Å². The lowest BCUT2D eigenvalue weighted by molar-refractivity contribution is 0.0746. The number of carbonyl (C=O) groups excluding carboxylic acids is 1. The van der Waals surface area contributed by atoms with Gasteiger partial charge in [0.1, 0.15) is 5.15 Å². The number of carbonyl (C=O) groups is 1. The van der Waals surface area contributed by atoms with Crippen molar-refractivity contribution in [1.29, 1.82) is 0 Å². The second-order valence-corrected chi connectivity index (χ2v) is 5.90. The summed E-state index contributed by atoms with van der Waals surface area (Å²) in [6, 6.07) is 11.2. The van der Waals surface area contributed by atoms with E-state index in [-0.39, 0.29) is 11.1 Å². The lowest BCUT2D eigenvalue weighted by Crippen LogP contribution is -2.48. The third-order valence-corrected chi connectivity index (χ3v) is 4.27. The predicted octanol–water partition coefficient (Wildman–Crippen LogP) is 3.35. The number of aromatic nitrogens is 1. The zero-order chi connectivity index (χ0) is 15.5. The topological polar surface area (TPSA) is 36.4 Å². The Bertz CT molecular complexity index is 685. The molecule has 0 saturated carbocycles. The number of piperazine rings is 1. The lowest BCUT2D eigenvalue weighted by Gasteiger charge is -2.36. The first kappa shape index (κ1) is 15.1. The van der Waals surface area contributed by atoms with Gasteiger partial charge in [-0.3, -0.25) is 4.79 Å². The fraction of sp³-hybridized carbons (Fsp3) is 0.250. The van der Waals surface area contributed by atoms with E-state index in [9.17, 15) is 4.79 Å². The first-order chi connectivity index (χ1) is 10.6. The fourth-order valence-electron chi connectivity index (χ4n) is 2.56. The molecule has 2 heterocycles. The van der Waals surface area contributed by atoms with Gasteiger partial charge in [-0.25, -0.2) is 4.98 Å². The molecule has 0 N–H and O–H groups in total. The van der Waals surface area contributed by atoms with Crippen molar-refractivity contribution in [3.05, 3.63) is 58.3 Å². The van der Waals surface area contributed by atoms with Crippen molar-refractivity contribution in [3.8, 4) is 0 Å². The van der Waals surface area contributed by atoms with E-state index in [4.69, 9.17) is 23.2 Å². The van der Waals surface area contributed by atoms with E-state index in [1.807, 2.05) is 29.2 Å². The molecule has 0 unspecified atom stereocenters. The van der Waals surface area contributed by atoms with Gasteiger partial charge in [0.2, 0.25) is 0 Å². The quantitative estimate of drug-likeness (QED) is 0.789. The SMILES string of the molecule is O=C(c1cccnc1Cl)N1CCN(c2cccc(Cl)c2)CC1. The number of anilines is 1. The molecule has 0 radical (unpaired) electrons. The van der Waals surface area contributed by atoms with Crippen molar-refractivity contribution in [2.24, 2.45) is 0 Å². The number of benzene rings is 1. The van der Waals surface area contributed by atoms with E-state index in [0.717, 1.165) is 23.8 Å². The Balaban J connectivity index is 1.67. The maximum atomic E-state index is 12.5. The van der Waals surface area contributed by atoms with Gasteiger partial charge in [0.25, 0.3) is 5.91 Å². The molecule has 1 aliphatic rings. The van der Waals surface area contributed by atoms with Crippen LogP contribution in [0.2, 0.25) is 10.2 Å². The van der Waals surface area contributed by atoms with Gasteiger partial charge in [-0.15, -0.1) is 0 Å². The third kappa shape index (κ3) is 3.18. The number of hydrogen-bond donors (Lipinski definition) is 0. The average molecular weight is 336 g/mol. The molecule has 1 saturated heterocycles. The van der Waals surface area contributed by atoms with Gasteiger partial charge >= 0.3 is 0 Å². The van der Waals surface area contributed by atoms with E-state index in [1.54, 1.807) is 18.3 Å². The molecule has 1 aromatic carbocycles. The zero-order valence-corrected chi connectivity index (χ0v) is 13.4. The second-order valence-electron chi connectivity index (χ2n) is 5.10. The molecule has 1 amide bonds. The summed E-state index contributed by atoms with van der Waals surface area (Å²) >= 11 is 12.0.